The molecule has 0 fully saturated rings. The average Bonchev–Trinajstić information content (AvgIpc) is 3.15. The van der Waals surface area contributed by atoms with Crippen LogP contribution < -0.4 is 31.6 Å². The van der Waals surface area contributed by atoms with Gasteiger partial charge < -0.3 is 34.4 Å². The standard InChI is InChI=1S/C25H33N3O4.C21H24N4O2/c1-15(2)12-17(27-24(30)32-25(4,5)6)14-31-18-8-9-19-20-10-11-26-16(3)22(20)23(29)28(7)21(19)13-18;1-12(2)7-15(23)11-27-19-9-18-17(8-14(19)10-22)16-5-6-24-13(3)20(16)21(26)25(18)4/h8-11,13,15,17H,12,14H2,1-7H3,(H,27,30);5-6,8-9,12,15H,7,11,23H2,1-4H3/t17-;15-/m11/s1. The molecule has 13 heteroatoms. The van der Waals surface area contributed by atoms with Gasteiger partial charge in [-0.25, -0.2) is 4.79 Å². The molecule has 0 spiro atoms. The van der Waals surface area contributed by atoms with E-state index >= 15 is 0 Å². The Bertz CT molecular complexity index is 2670. The van der Waals surface area contributed by atoms with Gasteiger partial charge in [0.2, 0.25) is 0 Å². The molecule has 4 heterocycles. The molecule has 0 aliphatic heterocycles. The van der Waals surface area contributed by atoms with Crippen LogP contribution in [0.4, 0.5) is 4.79 Å². The largest absolute Gasteiger partial charge is 0.491 e. The highest BCUT2D eigenvalue weighted by atomic mass is 16.6. The quantitative estimate of drug-likeness (QED) is 0.123. The van der Waals surface area contributed by atoms with Crippen molar-refractivity contribution >= 4 is 49.4 Å². The van der Waals surface area contributed by atoms with Gasteiger partial charge in [0.25, 0.3) is 11.1 Å². The average molecular weight is 804 g/mol. The van der Waals surface area contributed by atoms with Crippen LogP contribution in [0.3, 0.4) is 0 Å². The van der Waals surface area contributed by atoms with Crippen molar-refractivity contribution in [1.29, 1.82) is 5.26 Å². The molecule has 0 aliphatic carbocycles. The minimum Gasteiger partial charge on any atom is -0.491 e. The first kappa shape index (κ1) is 44.1. The SMILES string of the molecule is Cc1nccc2c1c(=O)n(C)c1cc(OC[C@@H](CC(C)C)NC(=O)OC(C)(C)C)ccc21.Cc1nccc2c1c(=O)n(C)c1cc(OC[C@H](N)CC(C)C)c(C#N)cc21. The molecular weight excluding hydrogens is 747 g/mol. The fourth-order valence-corrected chi connectivity index (χ4v) is 7.33. The predicted octanol–water partition coefficient (Wildman–Crippen LogP) is 7.73. The number of amides is 1. The highest BCUT2D eigenvalue weighted by molar-refractivity contribution is 6.07. The predicted molar refractivity (Wildman–Crippen MR) is 234 cm³/mol. The van der Waals surface area contributed by atoms with Crippen molar-refractivity contribution < 1.29 is 19.0 Å². The Morgan fingerprint density at radius 2 is 1.36 bits per heavy atom. The topological polar surface area (TPSA) is 176 Å². The van der Waals surface area contributed by atoms with E-state index < -0.39 is 11.7 Å². The van der Waals surface area contributed by atoms with Gasteiger partial charge >= 0.3 is 6.09 Å². The third kappa shape index (κ3) is 10.4. The Balaban J connectivity index is 0.000000227. The number of hydrogen-bond acceptors (Lipinski definition) is 10. The van der Waals surface area contributed by atoms with Gasteiger partial charge in [0.1, 0.15) is 36.4 Å². The summed E-state index contributed by atoms with van der Waals surface area (Å²) in [6, 6.07) is 14.8. The molecule has 6 aromatic rings. The molecule has 1 amide bonds. The first-order valence-corrected chi connectivity index (χ1v) is 20.0. The summed E-state index contributed by atoms with van der Waals surface area (Å²) in [5.74, 6) is 1.93. The first-order chi connectivity index (χ1) is 27.8. The number of nitrogens with two attached hydrogens (primary N) is 1. The molecule has 2 atom stereocenters. The van der Waals surface area contributed by atoms with Gasteiger partial charge in [0, 0.05) is 55.4 Å². The lowest BCUT2D eigenvalue weighted by molar-refractivity contribution is 0.0480. The van der Waals surface area contributed by atoms with Crippen LogP contribution in [0.5, 0.6) is 11.5 Å². The number of hydrogen-bond donors (Lipinski definition) is 2. The summed E-state index contributed by atoms with van der Waals surface area (Å²) in [7, 11) is 3.48. The van der Waals surface area contributed by atoms with E-state index in [-0.39, 0.29) is 23.2 Å². The van der Waals surface area contributed by atoms with E-state index in [1.165, 1.54) is 0 Å². The van der Waals surface area contributed by atoms with E-state index in [0.29, 0.717) is 64.1 Å². The maximum Gasteiger partial charge on any atom is 0.407 e. The fraction of sp³-hybridized carbons (Fsp3) is 0.435. The summed E-state index contributed by atoms with van der Waals surface area (Å²) in [5, 5.41) is 17.2. The van der Waals surface area contributed by atoms with Crippen molar-refractivity contribution in [3.8, 4) is 17.6 Å². The van der Waals surface area contributed by atoms with E-state index in [1.54, 1.807) is 47.8 Å². The van der Waals surface area contributed by atoms with Crippen molar-refractivity contribution in [1.82, 2.24) is 24.4 Å². The Kier molecular flexibility index (Phi) is 13.7. The summed E-state index contributed by atoms with van der Waals surface area (Å²) in [6.45, 7) is 18.2. The lowest BCUT2D eigenvalue weighted by atomic mass is 10.0. The second kappa shape index (κ2) is 18.3. The van der Waals surface area contributed by atoms with Crippen LogP contribution >= 0.6 is 0 Å². The summed E-state index contributed by atoms with van der Waals surface area (Å²) >= 11 is 0. The minimum absolute atomic E-state index is 0.0838. The Morgan fingerprint density at radius 1 is 0.797 bits per heavy atom. The van der Waals surface area contributed by atoms with Crippen molar-refractivity contribution in [2.45, 2.75) is 92.8 Å². The number of benzene rings is 2. The summed E-state index contributed by atoms with van der Waals surface area (Å²) in [4.78, 5) is 46.5. The molecule has 0 bridgehead atoms. The van der Waals surface area contributed by atoms with Crippen molar-refractivity contribution in [3.63, 3.8) is 0 Å². The van der Waals surface area contributed by atoms with Gasteiger partial charge in [-0.3, -0.25) is 19.6 Å². The van der Waals surface area contributed by atoms with Crippen LogP contribution in [0.25, 0.3) is 43.4 Å². The molecule has 6 rings (SSSR count). The molecule has 3 N–H and O–H groups in total. The summed E-state index contributed by atoms with van der Waals surface area (Å²) < 4.78 is 20.5. The number of nitrogens with zero attached hydrogens (tertiary/aromatic N) is 5. The van der Waals surface area contributed by atoms with Gasteiger partial charge in [0.05, 0.1) is 44.8 Å². The molecule has 0 unspecified atom stereocenters. The van der Waals surface area contributed by atoms with Crippen LogP contribution in [0, 0.1) is 37.0 Å². The van der Waals surface area contributed by atoms with E-state index in [4.69, 9.17) is 19.9 Å². The van der Waals surface area contributed by atoms with E-state index in [9.17, 15) is 19.6 Å². The van der Waals surface area contributed by atoms with Gasteiger partial charge in [-0.1, -0.05) is 27.7 Å². The molecular formula is C46H57N7O6. The molecule has 0 saturated carbocycles. The Hall–Kier alpha value is -6.00. The molecule has 0 saturated heterocycles. The zero-order valence-electron chi connectivity index (χ0n) is 36.1. The second-order valence-corrected chi connectivity index (χ2v) is 17.0. The lowest BCUT2D eigenvalue weighted by Gasteiger charge is -2.25. The monoisotopic (exact) mass is 803 g/mol. The smallest absolute Gasteiger partial charge is 0.407 e. The number of fused-ring (bicyclic) bond motifs is 6. The maximum absolute atomic E-state index is 12.9. The molecule has 312 valence electrons. The number of aromatic nitrogens is 4. The number of ether oxygens (including phenoxy) is 3. The molecule has 59 heavy (non-hydrogen) atoms. The molecule has 0 aliphatic rings. The summed E-state index contributed by atoms with van der Waals surface area (Å²) in [5.41, 5.74) is 8.65. The van der Waals surface area contributed by atoms with Crippen molar-refractivity contribution in [3.05, 3.63) is 92.5 Å². The minimum atomic E-state index is -0.562. The highest BCUT2D eigenvalue weighted by Gasteiger charge is 2.22. The second-order valence-electron chi connectivity index (χ2n) is 17.0. The number of rotatable bonds is 11. The number of alkyl carbamates (subject to hydrolysis) is 1. The normalized spacial score (nSPS) is 12.7. The van der Waals surface area contributed by atoms with Crippen LogP contribution in [0.2, 0.25) is 0 Å². The van der Waals surface area contributed by atoms with Crippen LogP contribution in [-0.4, -0.2) is 56.1 Å². The third-order valence-corrected chi connectivity index (χ3v) is 9.96. The van der Waals surface area contributed by atoms with E-state index in [0.717, 1.165) is 45.6 Å². The van der Waals surface area contributed by atoms with Gasteiger partial charge in [0.15, 0.2) is 0 Å². The summed E-state index contributed by atoms with van der Waals surface area (Å²) in [6.07, 6.45) is 4.54. The van der Waals surface area contributed by atoms with Gasteiger partial charge in [-0.05, 0) is 100 Å². The van der Waals surface area contributed by atoms with Crippen LogP contribution in [-0.2, 0) is 18.8 Å². The highest BCUT2D eigenvalue weighted by Crippen LogP contribution is 2.31. The third-order valence-electron chi connectivity index (χ3n) is 9.96. The van der Waals surface area contributed by atoms with Gasteiger partial charge in [-0.2, -0.15) is 5.26 Å². The number of carbonyl (C=O) groups is 1. The fourth-order valence-electron chi connectivity index (χ4n) is 7.33. The Labute approximate surface area is 345 Å². The van der Waals surface area contributed by atoms with Crippen LogP contribution in [0.15, 0.2) is 64.4 Å². The molecule has 13 nitrogen and oxygen atoms in total. The number of pyridine rings is 4. The lowest BCUT2D eigenvalue weighted by Crippen LogP contribution is -2.42. The van der Waals surface area contributed by atoms with Crippen molar-refractivity contribution in [2.24, 2.45) is 31.7 Å². The maximum atomic E-state index is 12.9. The van der Waals surface area contributed by atoms with Crippen molar-refractivity contribution in [2.75, 3.05) is 13.2 Å². The zero-order chi connectivity index (χ0) is 43.3. The van der Waals surface area contributed by atoms with E-state index in [1.807, 2.05) is 65.0 Å². The molecule has 4 aromatic heterocycles. The zero-order valence-corrected chi connectivity index (χ0v) is 36.1. The van der Waals surface area contributed by atoms with Crippen LogP contribution in [0.1, 0.15) is 78.3 Å². The first-order valence-electron chi connectivity index (χ1n) is 20.0. The molecule has 0 radical (unpaired) electrons. The van der Waals surface area contributed by atoms with E-state index in [2.05, 4.69) is 49.0 Å². The Morgan fingerprint density at radius 3 is 1.90 bits per heavy atom. The number of aryl methyl sites for hydroxylation is 4. The number of nitriles is 1. The van der Waals surface area contributed by atoms with Gasteiger partial charge in [-0.15, -0.1) is 0 Å². The number of carbonyl (C=O) groups excluding carboxylic acids is 1. The number of nitrogens with one attached hydrogen (secondary N) is 1. The molecule has 2 aromatic carbocycles.